The standard InChI is InChI=1S/C15H15NO/c16-15(13-7-2-1-3-8-13)14-9-5-4-6-12(14)10-11-17-15/h1-9H,10-11,16H2. The second-order valence-corrected chi connectivity index (χ2v) is 4.36. The summed E-state index contributed by atoms with van der Waals surface area (Å²) in [5.74, 6) is 0. The third-order valence-electron chi connectivity index (χ3n) is 3.32. The molecule has 0 saturated heterocycles. The molecule has 2 nitrogen and oxygen atoms in total. The maximum Gasteiger partial charge on any atom is 0.169 e. The summed E-state index contributed by atoms with van der Waals surface area (Å²) in [6.45, 7) is 0.669. The van der Waals surface area contributed by atoms with Crippen molar-refractivity contribution in [2.45, 2.75) is 12.1 Å². The highest BCUT2D eigenvalue weighted by molar-refractivity contribution is 5.41. The lowest BCUT2D eigenvalue weighted by atomic mass is 9.88. The first-order chi connectivity index (χ1) is 8.31. The molecule has 0 aliphatic carbocycles. The fourth-order valence-electron chi connectivity index (χ4n) is 2.42. The van der Waals surface area contributed by atoms with Crippen LogP contribution in [-0.2, 0) is 16.9 Å². The summed E-state index contributed by atoms with van der Waals surface area (Å²) >= 11 is 0. The molecule has 0 aromatic heterocycles. The van der Waals surface area contributed by atoms with Crippen LogP contribution >= 0.6 is 0 Å². The van der Waals surface area contributed by atoms with Gasteiger partial charge in [0.1, 0.15) is 0 Å². The van der Waals surface area contributed by atoms with Crippen molar-refractivity contribution in [3.63, 3.8) is 0 Å². The van der Waals surface area contributed by atoms with Crippen LogP contribution in [0.5, 0.6) is 0 Å². The van der Waals surface area contributed by atoms with Gasteiger partial charge in [-0.05, 0) is 12.0 Å². The Kier molecular flexibility index (Phi) is 2.46. The number of benzene rings is 2. The van der Waals surface area contributed by atoms with Crippen LogP contribution in [0.3, 0.4) is 0 Å². The third-order valence-corrected chi connectivity index (χ3v) is 3.32. The second-order valence-electron chi connectivity index (χ2n) is 4.36. The maximum absolute atomic E-state index is 6.47. The van der Waals surface area contributed by atoms with Crippen LogP contribution in [-0.4, -0.2) is 6.61 Å². The largest absolute Gasteiger partial charge is 0.352 e. The van der Waals surface area contributed by atoms with Gasteiger partial charge in [0.2, 0.25) is 0 Å². The molecular weight excluding hydrogens is 210 g/mol. The van der Waals surface area contributed by atoms with Gasteiger partial charge in [-0.15, -0.1) is 0 Å². The van der Waals surface area contributed by atoms with Gasteiger partial charge >= 0.3 is 0 Å². The molecule has 1 unspecified atom stereocenters. The molecular formula is C15H15NO. The van der Waals surface area contributed by atoms with E-state index in [1.54, 1.807) is 0 Å². The third kappa shape index (κ3) is 1.66. The summed E-state index contributed by atoms with van der Waals surface area (Å²) in [5, 5.41) is 0. The summed E-state index contributed by atoms with van der Waals surface area (Å²) in [5.41, 5.74) is 9.04. The van der Waals surface area contributed by atoms with E-state index in [4.69, 9.17) is 10.5 Å². The van der Waals surface area contributed by atoms with Crippen molar-refractivity contribution >= 4 is 0 Å². The average Bonchev–Trinajstić information content (AvgIpc) is 2.40. The Morgan fingerprint density at radius 2 is 1.65 bits per heavy atom. The molecule has 3 rings (SSSR count). The van der Waals surface area contributed by atoms with E-state index >= 15 is 0 Å². The normalized spacial score (nSPS) is 23.1. The molecule has 17 heavy (non-hydrogen) atoms. The highest BCUT2D eigenvalue weighted by Gasteiger charge is 2.35. The molecule has 2 N–H and O–H groups in total. The second kappa shape index (κ2) is 3.99. The van der Waals surface area contributed by atoms with Gasteiger partial charge in [0.15, 0.2) is 5.72 Å². The highest BCUT2D eigenvalue weighted by atomic mass is 16.5. The minimum atomic E-state index is -0.796. The fourth-order valence-corrected chi connectivity index (χ4v) is 2.42. The minimum Gasteiger partial charge on any atom is -0.352 e. The Hall–Kier alpha value is -1.64. The van der Waals surface area contributed by atoms with E-state index in [2.05, 4.69) is 18.2 Å². The van der Waals surface area contributed by atoms with Crippen LogP contribution in [0.2, 0.25) is 0 Å². The Labute approximate surface area is 101 Å². The van der Waals surface area contributed by atoms with E-state index in [0.717, 1.165) is 17.5 Å². The van der Waals surface area contributed by atoms with Crippen molar-refractivity contribution in [3.05, 3.63) is 71.3 Å². The van der Waals surface area contributed by atoms with E-state index < -0.39 is 5.72 Å². The van der Waals surface area contributed by atoms with Gasteiger partial charge in [0.25, 0.3) is 0 Å². The Morgan fingerprint density at radius 3 is 2.47 bits per heavy atom. The highest BCUT2D eigenvalue weighted by Crippen LogP contribution is 2.34. The smallest absolute Gasteiger partial charge is 0.169 e. The Bertz CT molecular complexity index is 523. The molecule has 1 aliphatic heterocycles. The summed E-state index contributed by atoms with van der Waals surface area (Å²) in [6, 6.07) is 18.2. The Morgan fingerprint density at radius 1 is 0.941 bits per heavy atom. The molecule has 0 bridgehead atoms. The minimum absolute atomic E-state index is 0.669. The lowest BCUT2D eigenvalue weighted by Gasteiger charge is -2.36. The van der Waals surface area contributed by atoms with E-state index in [0.29, 0.717) is 6.61 Å². The summed E-state index contributed by atoms with van der Waals surface area (Å²) in [7, 11) is 0. The predicted molar refractivity (Wildman–Crippen MR) is 67.5 cm³/mol. The molecule has 2 aromatic rings. The first kappa shape index (κ1) is 10.5. The van der Waals surface area contributed by atoms with Crippen LogP contribution in [0.25, 0.3) is 0 Å². The first-order valence-corrected chi connectivity index (χ1v) is 5.87. The van der Waals surface area contributed by atoms with Gasteiger partial charge in [0, 0.05) is 11.1 Å². The topological polar surface area (TPSA) is 35.2 Å². The molecule has 86 valence electrons. The molecule has 2 heteroatoms. The van der Waals surface area contributed by atoms with Gasteiger partial charge in [-0.1, -0.05) is 54.6 Å². The molecule has 0 spiro atoms. The zero-order valence-corrected chi connectivity index (χ0v) is 9.60. The van der Waals surface area contributed by atoms with Gasteiger partial charge in [-0.2, -0.15) is 0 Å². The monoisotopic (exact) mass is 225 g/mol. The molecule has 1 atom stereocenters. The van der Waals surface area contributed by atoms with Crippen molar-refractivity contribution in [1.29, 1.82) is 0 Å². The van der Waals surface area contributed by atoms with E-state index in [1.807, 2.05) is 36.4 Å². The fraction of sp³-hybridized carbons (Fsp3) is 0.200. The number of fused-ring (bicyclic) bond motifs is 1. The van der Waals surface area contributed by atoms with Crippen molar-refractivity contribution in [3.8, 4) is 0 Å². The van der Waals surface area contributed by atoms with E-state index in [9.17, 15) is 0 Å². The predicted octanol–water partition coefficient (Wildman–Crippen LogP) is 2.42. The quantitative estimate of drug-likeness (QED) is 0.809. The molecule has 2 aromatic carbocycles. The lowest BCUT2D eigenvalue weighted by molar-refractivity contribution is -0.0238. The van der Waals surface area contributed by atoms with Gasteiger partial charge in [-0.25, -0.2) is 0 Å². The van der Waals surface area contributed by atoms with Crippen molar-refractivity contribution in [2.75, 3.05) is 6.61 Å². The van der Waals surface area contributed by atoms with Crippen molar-refractivity contribution in [2.24, 2.45) is 5.73 Å². The molecule has 1 aliphatic rings. The van der Waals surface area contributed by atoms with Crippen molar-refractivity contribution < 1.29 is 4.74 Å². The first-order valence-electron chi connectivity index (χ1n) is 5.87. The zero-order chi connectivity index (χ0) is 11.7. The number of rotatable bonds is 1. The van der Waals surface area contributed by atoms with Gasteiger partial charge in [0.05, 0.1) is 6.61 Å². The van der Waals surface area contributed by atoms with Gasteiger partial charge in [-0.3, -0.25) is 5.73 Å². The maximum atomic E-state index is 6.47. The number of hydrogen-bond acceptors (Lipinski definition) is 2. The molecule has 1 heterocycles. The van der Waals surface area contributed by atoms with Gasteiger partial charge < -0.3 is 4.74 Å². The summed E-state index contributed by atoms with van der Waals surface area (Å²) in [6.07, 6.45) is 0.932. The van der Waals surface area contributed by atoms with Crippen LogP contribution in [0.4, 0.5) is 0 Å². The van der Waals surface area contributed by atoms with Crippen LogP contribution in [0.1, 0.15) is 16.7 Å². The molecule has 0 amide bonds. The lowest BCUT2D eigenvalue weighted by Crippen LogP contribution is -2.44. The van der Waals surface area contributed by atoms with Crippen LogP contribution in [0, 0.1) is 0 Å². The molecule has 0 saturated carbocycles. The van der Waals surface area contributed by atoms with E-state index in [-0.39, 0.29) is 0 Å². The van der Waals surface area contributed by atoms with Crippen molar-refractivity contribution in [1.82, 2.24) is 0 Å². The number of ether oxygens (including phenoxy) is 1. The SMILES string of the molecule is NC1(c2ccccc2)OCCc2ccccc21. The summed E-state index contributed by atoms with van der Waals surface area (Å²) in [4.78, 5) is 0. The summed E-state index contributed by atoms with van der Waals surface area (Å²) < 4.78 is 5.86. The van der Waals surface area contributed by atoms with Crippen LogP contribution in [0.15, 0.2) is 54.6 Å². The van der Waals surface area contributed by atoms with E-state index in [1.165, 1.54) is 5.56 Å². The molecule has 0 fully saturated rings. The van der Waals surface area contributed by atoms with Crippen LogP contribution < -0.4 is 5.73 Å². The average molecular weight is 225 g/mol. The zero-order valence-electron chi connectivity index (χ0n) is 9.60. The molecule has 0 radical (unpaired) electrons. The Balaban J connectivity index is 2.16. The number of nitrogens with two attached hydrogens (primary N) is 1. The number of hydrogen-bond donors (Lipinski definition) is 1.